The molecule has 1 aromatic carbocycles. The third-order valence-corrected chi connectivity index (χ3v) is 2.80. The minimum atomic E-state index is -0.353. The van der Waals surface area contributed by atoms with Gasteiger partial charge in [0.25, 0.3) is 0 Å². The molecular weight excluding hydrogens is 219 g/mol. The molecule has 1 aromatic rings. The summed E-state index contributed by atoms with van der Waals surface area (Å²) < 4.78 is 0. The van der Waals surface area contributed by atoms with Gasteiger partial charge in [0.05, 0.1) is 6.10 Å². The van der Waals surface area contributed by atoms with Crippen molar-refractivity contribution < 1.29 is 5.11 Å². The molecule has 0 bridgehead atoms. The fraction of sp³-hybridized carbons (Fsp3) is 0.455. The third kappa shape index (κ3) is 3.16. The molecule has 78 valence electrons. The quantitative estimate of drug-likeness (QED) is 0.846. The van der Waals surface area contributed by atoms with Crippen LogP contribution in [0.15, 0.2) is 18.2 Å². The maximum Gasteiger partial charge on any atom is 0.0603 e. The van der Waals surface area contributed by atoms with Gasteiger partial charge in [-0.15, -0.1) is 0 Å². The normalized spacial score (nSPS) is 13.3. The molecule has 0 spiro atoms. The molecule has 0 amide bonds. The molecule has 0 saturated heterocycles. The van der Waals surface area contributed by atoms with Crippen LogP contribution in [-0.4, -0.2) is 11.2 Å². The van der Waals surface area contributed by atoms with Gasteiger partial charge in [-0.3, -0.25) is 0 Å². The molecule has 0 saturated carbocycles. The standard InChI is InChI=1S/C11H14Cl2O/c1-7(2)11(14)5-8-3-4-9(12)6-10(8)13/h3-4,6-7,11,14H,5H2,1-2H3/t11-/m1/s1. The number of aliphatic hydroxyl groups excluding tert-OH is 1. The Labute approximate surface area is 94.7 Å². The van der Waals surface area contributed by atoms with Gasteiger partial charge in [0.1, 0.15) is 0 Å². The smallest absolute Gasteiger partial charge is 0.0603 e. The zero-order valence-electron chi connectivity index (χ0n) is 8.30. The van der Waals surface area contributed by atoms with Crippen LogP contribution >= 0.6 is 23.2 Å². The Hall–Kier alpha value is -0.240. The average molecular weight is 233 g/mol. The van der Waals surface area contributed by atoms with Gasteiger partial charge in [-0.05, 0) is 23.6 Å². The van der Waals surface area contributed by atoms with Crippen LogP contribution in [-0.2, 0) is 6.42 Å². The Morgan fingerprint density at radius 2 is 1.93 bits per heavy atom. The summed E-state index contributed by atoms with van der Waals surface area (Å²) >= 11 is 11.8. The fourth-order valence-corrected chi connectivity index (χ4v) is 1.63. The second-order valence-electron chi connectivity index (χ2n) is 3.75. The van der Waals surface area contributed by atoms with E-state index in [1.807, 2.05) is 19.9 Å². The largest absolute Gasteiger partial charge is 0.393 e. The van der Waals surface area contributed by atoms with Gasteiger partial charge in [0.15, 0.2) is 0 Å². The second kappa shape index (κ2) is 5.01. The molecular formula is C11H14Cl2O. The first-order valence-electron chi connectivity index (χ1n) is 4.62. The molecule has 1 atom stereocenters. The average Bonchev–Trinajstić information content (AvgIpc) is 2.09. The Morgan fingerprint density at radius 3 is 2.43 bits per heavy atom. The van der Waals surface area contributed by atoms with E-state index in [9.17, 15) is 5.11 Å². The van der Waals surface area contributed by atoms with Crippen LogP contribution in [0, 0.1) is 5.92 Å². The summed E-state index contributed by atoms with van der Waals surface area (Å²) in [6.45, 7) is 3.96. The van der Waals surface area contributed by atoms with Crippen LogP contribution in [0.25, 0.3) is 0 Å². The molecule has 14 heavy (non-hydrogen) atoms. The highest BCUT2D eigenvalue weighted by atomic mass is 35.5. The van der Waals surface area contributed by atoms with E-state index >= 15 is 0 Å². The van der Waals surface area contributed by atoms with Crippen LogP contribution in [0.4, 0.5) is 0 Å². The van der Waals surface area contributed by atoms with E-state index in [0.717, 1.165) is 5.56 Å². The van der Waals surface area contributed by atoms with E-state index in [2.05, 4.69) is 0 Å². The fourth-order valence-electron chi connectivity index (χ4n) is 1.15. The van der Waals surface area contributed by atoms with E-state index in [1.54, 1.807) is 12.1 Å². The predicted molar refractivity (Wildman–Crippen MR) is 61.0 cm³/mol. The van der Waals surface area contributed by atoms with E-state index in [0.29, 0.717) is 16.5 Å². The monoisotopic (exact) mass is 232 g/mol. The number of aliphatic hydroxyl groups is 1. The molecule has 0 aliphatic carbocycles. The van der Waals surface area contributed by atoms with Gasteiger partial charge >= 0.3 is 0 Å². The van der Waals surface area contributed by atoms with Crippen LogP contribution < -0.4 is 0 Å². The molecule has 0 aromatic heterocycles. The van der Waals surface area contributed by atoms with Crippen molar-refractivity contribution >= 4 is 23.2 Å². The van der Waals surface area contributed by atoms with Gasteiger partial charge < -0.3 is 5.11 Å². The van der Waals surface area contributed by atoms with E-state index in [1.165, 1.54) is 0 Å². The van der Waals surface area contributed by atoms with Crippen molar-refractivity contribution in [2.45, 2.75) is 26.4 Å². The van der Waals surface area contributed by atoms with Crippen LogP contribution in [0.1, 0.15) is 19.4 Å². The topological polar surface area (TPSA) is 20.2 Å². The highest BCUT2D eigenvalue weighted by Crippen LogP contribution is 2.23. The Kier molecular flexibility index (Phi) is 4.24. The minimum absolute atomic E-state index is 0.238. The van der Waals surface area contributed by atoms with Gasteiger partial charge in [-0.2, -0.15) is 0 Å². The van der Waals surface area contributed by atoms with Crippen molar-refractivity contribution in [1.29, 1.82) is 0 Å². The number of benzene rings is 1. The summed E-state index contributed by atoms with van der Waals surface area (Å²) in [4.78, 5) is 0. The van der Waals surface area contributed by atoms with Crippen molar-refractivity contribution in [1.82, 2.24) is 0 Å². The summed E-state index contributed by atoms with van der Waals surface area (Å²) in [7, 11) is 0. The Bertz CT molecular complexity index is 310. The lowest BCUT2D eigenvalue weighted by atomic mass is 9.99. The van der Waals surface area contributed by atoms with Crippen molar-refractivity contribution in [3.63, 3.8) is 0 Å². The maximum absolute atomic E-state index is 9.68. The number of halogens is 2. The SMILES string of the molecule is CC(C)[C@H](O)Cc1ccc(Cl)cc1Cl. The summed E-state index contributed by atoms with van der Waals surface area (Å²) in [5.74, 6) is 0.238. The summed E-state index contributed by atoms with van der Waals surface area (Å²) in [6.07, 6.45) is 0.224. The number of hydrogen-bond donors (Lipinski definition) is 1. The molecule has 3 heteroatoms. The molecule has 0 fully saturated rings. The third-order valence-electron chi connectivity index (χ3n) is 2.21. The minimum Gasteiger partial charge on any atom is -0.393 e. The van der Waals surface area contributed by atoms with Crippen molar-refractivity contribution in [3.8, 4) is 0 Å². The van der Waals surface area contributed by atoms with E-state index in [-0.39, 0.29) is 12.0 Å². The van der Waals surface area contributed by atoms with Crippen molar-refractivity contribution in [3.05, 3.63) is 33.8 Å². The molecule has 0 aliphatic heterocycles. The highest BCUT2D eigenvalue weighted by Gasteiger charge is 2.12. The number of rotatable bonds is 3. The number of hydrogen-bond acceptors (Lipinski definition) is 1. The van der Waals surface area contributed by atoms with Gasteiger partial charge in [0, 0.05) is 16.5 Å². The lowest BCUT2D eigenvalue weighted by molar-refractivity contribution is 0.126. The van der Waals surface area contributed by atoms with Crippen molar-refractivity contribution in [2.24, 2.45) is 5.92 Å². The van der Waals surface area contributed by atoms with Gasteiger partial charge in [0.2, 0.25) is 0 Å². The first kappa shape index (κ1) is 11.8. The Balaban J connectivity index is 2.77. The molecule has 0 unspecified atom stereocenters. The van der Waals surface area contributed by atoms with Gasteiger partial charge in [-0.1, -0.05) is 43.1 Å². The van der Waals surface area contributed by atoms with E-state index < -0.39 is 0 Å². The van der Waals surface area contributed by atoms with Crippen molar-refractivity contribution in [2.75, 3.05) is 0 Å². The molecule has 1 nitrogen and oxygen atoms in total. The molecule has 1 rings (SSSR count). The van der Waals surface area contributed by atoms with Crippen LogP contribution in [0.5, 0.6) is 0 Å². The maximum atomic E-state index is 9.68. The van der Waals surface area contributed by atoms with Crippen LogP contribution in [0.2, 0.25) is 10.0 Å². The lowest BCUT2D eigenvalue weighted by Crippen LogP contribution is -2.17. The highest BCUT2D eigenvalue weighted by molar-refractivity contribution is 6.35. The molecule has 0 aliphatic rings. The van der Waals surface area contributed by atoms with Crippen LogP contribution in [0.3, 0.4) is 0 Å². The molecule has 1 N–H and O–H groups in total. The zero-order valence-corrected chi connectivity index (χ0v) is 9.81. The Morgan fingerprint density at radius 1 is 1.29 bits per heavy atom. The summed E-state index contributed by atoms with van der Waals surface area (Å²) in [6, 6.07) is 5.34. The zero-order chi connectivity index (χ0) is 10.7. The predicted octanol–water partition coefficient (Wildman–Crippen LogP) is 3.55. The summed E-state index contributed by atoms with van der Waals surface area (Å²) in [5, 5.41) is 10.9. The molecule has 0 heterocycles. The lowest BCUT2D eigenvalue weighted by Gasteiger charge is -2.15. The first-order valence-corrected chi connectivity index (χ1v) is 5.38. The second-order valence-corrected chi connectivity index (χ2v) is 4.59. The summed E-state index contributed by atoms with van der Waals surface area (Å²) in [5.41, 5.74) is 0.942. The first-order chi connectivity index (χ1) is 6.50. The van der Waals surface area contributed by atoms with Gasteiger partial charge in [-0.25, -0.2) is 0 Å². The van der Waals surface area contributed by atoms with E-state index in [4.69, 9.17) is 23.2 Å². The molecule has 0 radical (unpaired) electrons.